The summed E-state index contributed by atoms with van der Waals surface area (Å²) in [5.74, 6) is 1.27. The minimum Gasteiger partial charge on any atom is -0.323 e. The van der Waals surface area contributed by atoms with Crippen molar-refractivity contribution in [3.63, 3.8) is 0 Å². The second kappa shape index (κ2) is 4.87. The first-order valence-electron chi connectivity index (χ1n) is 6.91. The molecule has 3 heteroatoms. The van der Waals surface area contributed by atoms with Gasteiger partial charge in [-0.3, -0.25) is 0 Å². The molecule has 3 N–H and O–H groups in total. The molecule has 0 spiro atoms. The first-order valence-corrected chi connectivity index (χ1v) is 7.89. The van der Waals surface area contributed by atoms with Crippen LogP contribution in [-0.2, 0) is 6.42 Å². The van der Waals surface area contributed by atoms with E-state index in [1.807, 2.05) is 18.8 Å². The molecule has 98 valence electrons. The zero-order valence-corrected chi connectivity index (χ0v) is 11.9. The highest BCUT2D eigenvalue weighted by Gasteiger charge is 2.47. The predicted molar refractivity (Wildman–Crippen MR) is 78.0 cm³/mol. The van der Waals surface area contributed by atoms with Crippen molar-refractivity contribution in [3.8, 4) is 0 Å². The third kappa shape index (κ3) is 2.20. The van der Waals surface area contributed by atoms with Crippen molar-refractivity contribution >= 4 is 11.8 Å². The molecule has 1 fully saturated rings. The van der Waals surface area contributed by atoms with Crippen LogP contribution in [0.2, 0.25) is 0 Å². The fourth-order valence-corrected chi connectivity index (χ4v) is 4.06. The lowest BCUT2D eigenvalue weighted by Crippen LogP contribution is -2.31. The van der Waals surface area contributed by atoms with Crippen molar-refractivity contribution in [1.82, 2.24) is 5.32 Å². The average molecular weight is 262 g/mol. The second-order valence-corrected chi connectivity index (χ2v) is 6.83. The van der Waals surface area contributed by atoms with Gasteiger partial charge in [-0.1, -0.05) is 12.1 Å². The standard InChI is InChI=1S/C15H22N2S/c1-17-10-15(6-7-15)14(16)12-4-5-13-11(9-12)3-2-8-18-13/h4-5,9,14,17H,2-3,6-8,10,16H2,1H3. The number of hydrogen-bond donors (Lipinski definition) is 2. The molecular weight excluding hydrogens is 240 g/mol. The number of hydrogen-bond acceptors (Lipinski definition) is 3. The van der Waals surface area contributed by atoms with Crippen molar-refractivity contribution in [1.29, 1.82) is 0 Å². The second-order valence-electron chi connectivity index (χ2n) is 5.69. The van der Waals surface area contributed by atoms with Crippen LogP contribution in [0.25, 0.3) is 0 Å². The number of benzene rings is 1. The van der Waals surface area contributed by atoms with Gasteiger partial charge in [0, 0.05) is 22.9 Å². The first-order chi connectivity index (χ1) is 8.75. The first kappa shape index (κ1) is 12.5. The molecule has 1 aliphatic heterocycles. The van der Waals surface area contributed by atoms with Crippen molar-refractivity contribution in [2.75, 3.05) is 19.3 Å². The zero-order chi connectivity index (χ0) is 12.6. The minimum atomic E-state index is 0.196. The van der Waals surface area contributed by atoms with E-state index < -0.39 is 0 Å². The summed E-state index contributed by atoms with van der Waals surface area (Å²) in [5, 5.41) is 3.30. The molecule has 0 radical (unpaired) electrons. The summed E-state index contributed by atoms with van der Waals surface area (Å²) in [6.45, 7) is 1.04. The highest BCUT2D eigenvalue weighted by molar-refractivity contribution is 7.99. The molecule has 0 aromatic heterocycles. The van der Waals surface area contributed by atoms with E-state index in [1.165, 1.54) is 47.5 Å². The molecule has 0 bridgehead atoms. The SMILES string of the molecule is CNCC1(C(N)c2ccc3c(c2)CCCS3)CC1. The van der Waals surface area contributed by atoms with Crippen LogP contribution in [0.15, 0.2) is 23.1 Å². The lowest BCUT2D eigenvalue weighted by Gasteiger charge is -2.25. The van der Waals surface area contributed by atoms with Crippen LogP contribution in [0, 0.1) is 5.41 Å². The third-order valence-corrected chi connectivity index (χ3v) is 5.57. The van der Waals surface area contributed by atoms with Gasteiger partial charge in [0.25, 0.3) is 0 Å². The van der Waals surface area contributed by atoms with E-state index in [1.54, 1.807) is 0 Å². The number of nitrogens with one attached hydrogen (secondary N) is 1. The lowest BCUT2D eigenvalue weighted by atomic mass is 9.89. The number of rotatable bonds is 4. The summed E-state index contributed by atoms with van der Waals surface area (Å²) >= 11 is 1.99. The number of nitrogens with two attached hydrogens (primary N) is 1. The van der Waals surface area contributed by atoms with Gasteiger partial charge in [-0.15, -0.1) is 11.8 Å². The Balaban J connectivity index is 1.84. The molecule has 3 rings (SSSR count). The maximum atomic E-state index is 6.51. The van der Waals surface area contributed by atoms with Gasteiger partial charge in [0.15, 0.2) is 0 Å². The predicted octanol–water partition coefficient (Wildman–Crippen LogP) is 2.72. The van der Waals surface area contributed by atoms with Gasteiger partial charge in [-0.05, 0) is 55.7 Å². The van der Waals surface area contributed by atoms with Crippen LogP contribution in [0.1, 0.15) is 36.4 Å². The van der Waals surface area contributed by atoms with E-state index >= 15 is 0 Å². The Morgan fingerprint density at radius 3 is 3.00 bits per heavy atom. The van der Waals surface area contributed by atoms with Crippen LogP contribution >= 0.6 is 11.8 Å². The molecule has 1 aliphatic carbocycles. The molecule has 0 amide bonds. The van der Waals surface area contributed by atoms with E-state index in [-0.39, 0.29) is 6.04 Å². The number of thioether (sulfide) groups is 1. The zero-order valence-electron chi connectivity index (χ0n) is 11.0. The molecule has 2 nitrogen and oxygen atoms in total. The van der Waals surface area contributed by atoms with Gasteiger partial charge in [-0.2, -0.15) is 0 Å². The van der Waals surface area contributed by atoms with Gasteiger partial charge in [0.05, 0.1) is 0 Å². The van der Waals surface area contributed by atoms with E-state index in [9.17, 15) is 0 Å². The molecule has 1 aromatic carbocycles. The van der Waals surface area contributed by atoms with Crippen LogP contribution < -0.4 is 11.1 Å². The molecule has 1 aromatic rings. The summed E-state index contributed by atoms with van der Waals surface area (Å²) in [6.07, 6.45) is 5.06. The normalized spacial score (nSPS) is 22.3. The van der Waals surface area contributed by atoms with E-state index in [0.717, 1.165) is 6.54 Å². The van der Waals surface area contributed by atoms with E-state index in [2.05, 4.69) is 23.5 Å². The fourth-order valence-electron chi connectivity index (χ4n) is 3.04. The van der Waals surface area contributed by atoms with Gasteiger partial charge in [0.2, 0.25) is 0 Å². The maximum Gasteiger partial charge on any atom is 0.0364 e. The summed E-state index contributed by atoms with van der Waals surface area (Å²) in [4.78, 5) is 1.47. The van der Waals surface area contributed by atoms with Gasteiger partial charge in [-0.25, -0.2) is 0 Å². The Hall–Kier alpha value is -0.510. The van der Waals surface area contributed by atoms with Gasteiger partial charge in [0.1, 0.15) is 0 Å². The molecule has 2 aliphatic rings. The van der Waals surface area contributed by atoms with Crippen molar-refractivity contribution in [3.05, 3.63) is 29.3 Å². The Labute approximate surface area is 114 Å². The third-order valence-electron chi connectivity index (χ3n) is 4.37. The van der Waals surface area contributed by atoms with E-state index in [4.69, 9.17) is 5.73 Å². The smallest absolute Gasteiger partial charge is 0.0364 e. The van der Waals surface area contributed by atoms with Crippen LogP contribution in [-0.4, -0.2) is 19.3 Å². The number of fused-ring (bicyclic) bond motifs is 1. The van der Waals surface area contributed by atoms with Crippen LogP contribution in [0.5, 0.6) is 0 Å². The van der Waals surface area contributed by atoms with Gasteiger partial charge >= 0.3 is 0 Å². The van der Waals surface area contributed by atoms with Crippen LogP contribution in [0.3, 0.4) is 0 Å². The van der Waals surface area contributed by atoms with Crippen molar-refractivity contribution < 1.29 is 0 Å². The molecule has 1 heterocycles. The summed E-state index contributed by atoms with van der Waals surface area (Å²) in [5.41, 5.74) is 9.68. The highest BCUT2D eigenvalue weighted by atomic mass is 32.2. The topological polar surface area (TPSA) is 38.0 Å². The summed E-state index contributed by atoms with van der Waals surface area (Å²) in [7, 11) is 2.02. The lowest BCUT2D eigenvalue weighted by molar-refractivity contribution is 0.392. The molecule has 1 saturated carbocycles. The Morgan fingerprint density at radius 1 is 1.44 bits per heavy atom. The minimum absolute atomic E-state index is 0.196. The number of aryl methyl sites for hydroxylation is 1. The molecule has 1 atom stereocenters. The van der Waals surface area contributed by atoms with Crippen molar-refractivity contribution in [2.45, 2.75) is 36.6 Å². The Kier molecular flexibility index (Phi) is 3.39. The summed E-state index contributed by atoms with van der Waals surface area (Å²) in [6, 6.07) is 7.09. The van der Waals surface area contributed by atoms with E-state index in [0.29, 0.717) is 5.41 Å². The average Bonchev–Trinajstić information content (AvgIpc) is 3.19. The fraction of sp³-hybridized carbons (Fsp3) is 0.600. The molecule has 0 saturated heterocycles. The highest BCUT2D eigenvalue weighted by Crippen LogP contribution is 2.53. The Morgan fingerprint density at radius 2 is 2.28 bits per heavy atom. The molecule has 18 heavy (non-hydrogen) atoms. The van der Waals surface area contributed by atoms with Crippen LogP contribution in [0.4, 0.5) is 0 Å². The largest absolute Gasteiger partial charge is 0.323 e. The molecular formula is C15H22N2S. The monoisotopic (exact) mass is 262 g/mol. The quantitative estimate of drug-likeness (QED) is 0.876. The summed E-state index contributed by atoms with van der Waals surface area (Å²) < 4.78 is 0. The molecule has 1 unspecified atom stereocenters. The van der Waals surface area contributed by atoms with Gasteiger partial charge < -0.3 is 11.1 Å². The maximum absolute atomic E-state index is 6.51. The van der Waals surface area contributed by atoms with Crippen molar-refractivity contribution in [2.24, 2.45) is 11.1 Å². The Bertz CT molecular complexity index is 440.